The topological polar surface area (TPSA) is 102 Å². The van der Waals surface area contributed by atoms with Crippen molar-refractivity contribution in [1.82, 2.24) is 19.7 Å². The van der Waals surface area contributed by atoms with Gasteiger partial charge in [-0.15, -0.1) is 0 Å². The summed E-state index contributed by atoms with van der Waals surface area (Å²) in [7, 11) is 1.41. The van der Waals surface area contributed by atoms with Crippen LogP contribution in [0.15, 0.2) is 42.9 Å². The molecule has 33 heavy (non-hydrogen) atoms. The smallest absolute Gasteiger partial charge is 0.416 e. The first kappa shape index (κ1) is 24.0. The van der Waals surface area contributed by atoms with E-state index in [0.29, 0.717) is 5.69 Å². The monoisotopic (exact) mass is 480 g/mol. The van der Waals surface area contributed by atoms with Crippen LogP contribution in [0, 0.1) is 0 Å². The number of nitrogens with zero attached hydrogens (tertiary/aromatic N) is 5. The van der Waals surface area contributed by atoms with Crippen molar-refractivity contribution >= 4 is 36.7 Å². The van der Waals surface area contributed by atoms with Gasteiger partial charge in [0.2, 0.25) is 5.88 Å². The first-order valence-electron chi connectivity index (χ1n) is 9.43. The SMILES string of the molecule is COc1cnc(C(=O)Nc2cnn3c2C(=O)N(c2ccc(C(F)(F)F)cc2)C[C@@H]3C)cn1.S. The van der Waals surface area contributed by atoms with Crippen molar-refractivity contribution in [3.05, 3.63) is 59.8 Å². The van der Waals surface area contributed by atoms with Gasteiger partial charge >= 0.3 is 6.18 Å². The molecule has 1 atom stereocenters. The number of amides is 2. The number of hydrogen-bond acceptors (Lipinski definition) is 6. The Hall–Kier alpha value is -3.61. The maximum absolute atomic E-state index is 13.2. The Morgan fingerprint density at radius 1 is 1.15 bits per heavy atom. The zero-order chi connectivity index (χ0) is 23.0. The number of hydrogen-bond donors (Lipinski definition) is 1. The van der Waals surface area contributed by atoms with Crippen molar-refractivity contribution in [3.8, 4) is 5.88 Å². The summed E-state index contributed by atoms with van der Waals surface area (Å²) < 4.78 is 45.0. The van der Waals surface area contributed by atoms with Crippen LogP contribution in [0.3, 0.4) is 0 Å². The van der Waals surface area contributed by atoms with E-state index in [0.717, 1.165) is 12.1 Å². The third-order valence-corrected chi connectivity index (χ3v) is 4.93. The highest BCUT2D eigenvalue weighted by molar-refractivity contribution is 7.59. The van der Waals surface area contributed by atoms with Gasteiger partial charge in [0.15, 0.2) is 5.69 Å². The number of carbonyl (C=O) groups is 2. The Balaban J connectivity index is 0.00000306. The molecule has 1 aliphatic rings. The number of fused-ring (bicyclic) bond motifs is 1. The van der Waals surface area contributed by atoms with Crippen LogP contribution in [0.1, 0.15) is 39.5 Å². The van der Waals surface area contributed by atoms with Crippen LogP contribution in [0.4, 0.5) is 24.5 Å². The van der Waals surface area contributed by atoms with Crippen molar-refractivity contribution in [2.45, 2.75) is 19.1 Å². The summed E-state index contributed by atoms with van der Waals surface area (Å²) in [5, 5.41) is 6.78. The van der Waals surface area contributed by atoms with Gasteiger partial charge in [-0.1, -0.05) is 0 Å². The predicted molar refractivity (Wildman–Crippen MR) is 117 cm³/mol. The van der Waals surface area contributed by atoms with Gasteiger partial charge in [0.25, 0.3) is 11.8 Å². The highest BCUT2D eigenvalue weighted by atomic mass is 32.1. The largest absolute Gasteiger partial charge is 0.480 e. The van der Waals surface area contributed by atoms with Gasteiger partial charge in [-0.2, -0.15) is 31.8 Å². The molecule has 0 radical (unpaired) electrons. The van der Waals surface area contributed by atoms with Gasteiger partial charge in [-0.25, -0.2) is 9.97 Å². The van der Waals surface area contributed by atoms with E-state index in [2.05, 4.69) is 20.4 Å². The standard InChI is InChI=1S/C20H17F3N6O3.H2S/c1-11-10-28(13-5-3-12(4-6-13)20(21,22)23)19(31)17-14(8-26-29(11)17)27-18(30)15-7-25-16(32-2)9-24-15;/h3-9,11H,10H2,1-2H3,(H,27,30);1H2/t11-;/m0./s1. The molecule has 4 rings (SSSR count). The number of nitrogens with one attached hydrogen (secondary N) is 1. The van der Waals surface area contributed by atoms with Crippen LogP contribution < -0.4 is 15.0 Å². The minimum Gasteiger partial charge on any atom is -0.480 e. The lowest BCUT2D eigenvalue weighted by molar-refractivity contribution is -0.137. The molecule has 3 aromatic rings. The number of aromatic nitrogens is 4. The molecule has 0 aliphatic carbocycles. The Labute approximate surface area is 193 Å². The van der Waals surface area contributed by atoms with Gasteiger partial charge < -0.3 is 15.0 Å². The summed E-state index contributed by atoms with van der Waals surface area (Å²) in [5.41, 5.74) is -0.237. The zero-order valence-electron chi connectivity index (χ0n) is 17.4. The maximum atomic E-state index is 13.2. The van der Waals surface area contributed by atoms with Crippen molar-refractivity contribution in [1.29, 1.82) is 0 Å². The molecule has 0 fully saturated rings. The normalized spacial score (nSPS) is 15.5. The highest BCUT2D eigenvalue weighted by Crippen LogP contribution is 2.33. The van der Waals surface area contributed by atoms with E-state index in [9.17, 15) is 22.8 Å². The molecule has 0 bridgehead atoms. The van der Waals surface area contributed by atoms with E-state index in [1.165, 1.54) is 47.4 Å². The minimum atomic E-state index is -4.47. The minimum absolute atomic E-state index is 0. The van der Waals surface area contributed by atoms with Crippen LogP contribution >= 0.6 is 13.5 Å². The second kappa shape index (κ2) is 9.10. The molecular weight excluding hydrogens is 461 g/mol. The number of anilines is 2. The lowest BCUT2D eigenvalue weighted by Gasteiger charge is -2.32. The first-order chi connectivity index (χ1) is 15.2. The maximum Gasteiger partial charge on any atom is 0.416 e. The third kappa shape index (κ3) is 4.62. The summed E-state index contributed by atoms with van der Waals surface area (Å²) in [4.78, 5) is 34.9. The summed E-state index contributed by atoms with van der Waals surface area (Å²) in [6.07, 6.45) is -0.627. The van der Waals surface area contributed by atoms with Crippen LogP contribution in [-0.4, -0.2) is 45.2 Å². The van der Waals surface area contributed by atoms with Crippen molar-refractivity contribution in [2.75, 3.05) is 23.9 Å². The molecule has 13 heteroatoms. The number of carbonyl (C=O) groups excluding carboxylic acids is 2. The molecule has 1 aliphatic heterocycles. The molecule has 174 valence electrons. The molecular formula is C20H19F3N6O3S. The van der Waals surface area contributed by atoms with E-state index in [1.54, 1.807) is 6.92 Å². The van der Waals surface area contributed by atoms with Gasteiger partial charge in [-0.3, -0.25) is 14.3 Å². The van der Waals surface area contributed by atoms with Crippen LogP contribution in [0.5, 0.6) is 5.88 Å². The molecule has 0 saturated heterocycles. The van der Waals surface area contributed by atoms with E-state index < -0.39 is 23.6 Å². The lowest BCUT2D eigenvalue weighted by Crippen LogP contribution is -2.43. The average molecular weight is 480 g/mol. The predicted octanol–water partition coefficient (Wildman–Crippen LogP) is 3.29. The second-order valence-corrected chi connectivity index (χ2v) is 7.06. The Morgan fingerprint density at radius 3 is 2.42 bits per heavy atom. The van der Waals surface area contributed by atoms with Crippen molar-refractivity contribution in [3.63, 3.8) is 0 Å². The van der Waals surface area contributed by atoms with Crippen LogP contribution in [0.2, 0.25) is 0 Å². The second-order valence-electron chi connectivity index (χ2n) is 7.06. The van der Waals surface area contributed by atoms with E-state index in [4.69, 9.17) is 4.74 Å². The fourth-order valence-corrected chi connectivity index (χ4v) is 3.33. The molecule has 9 nitrogen and oxygen atoms in total. The number of benzene rings is 1. The van der Waals surface area contributed by atoms with Gasteiger partial charge in [0.1, 0.15) is 5.69 Å². The number of methoxy groups -OCH3 is 1. The number of alkyl halides is 3. The molecule has 1 N–H and O–H groups in total. The van der Waals surface area contributed by atoms with Crippen LogP contribution in [-0.2, 0) is 6.18 Å². The third-order valence-electron chi connectivity index (χ3n) is 4.93. The first-order valence-corrected chi connectivity index (χ1v) is 9.43. The van der Waals surface area contributed by atoms with E-state index in [-0.39, 0.29) is 49.0 Å². The lowest BCUT2D eigenvalue weighted by atomic mass is 10.1. The molecule has 0 saturated carbocycles. The van der Waals surface area contributed by atoms with Gasteiger partial charge in [0.05, 0.1) is 43.0 Å². The van der Waals surface area contributed by atoms with Crippen molar-refractivity contribution in [2.24, 2.45) is 0 Å². The summed E-state index contributed by atoms with van der Waals surface area (Å²) in [5.74, 6) is -0.875. The summed E-state index contributed by atoms with van der Waals surface area (Å²) in [6, 6.07) is 4.04. The molecule has 0 unspecified atom stereocenters. The number of halogens is 3. The number of rotatable bonds is 4. The summed E-state index contributed by atoms with van der Waals surface area (Å²) in [6.45, 7) is 2.01. The van der Waals surface area contributed by atoms with Gasteiger partial charge in [-0.05, 0) is 31.2 Å². The fourth-order valence-electron chi connectivity index (χ4n) is 3.33. The van der Waals surface area contributed by atoms with Crippen molar-refractivity contribution < 1.29 is 27.5 Å². The Kier molecular flexibility index (Phi) is 6.63. The van der Waals surface area contributed by atoms with E-state index >= 15 is 0 Å². The molecule has 3 heterocycles. The Bertz CT molecular complexity index is 1170. The highest BCUT2D eigenvalue weighted by Gasteiger charge is 2.35. The Morgan fingerprint density at radius 2 is 1.85 bits per heavy atom. The van der Waals surface area contributed by atoms with Crippen LogP contribution in [0.25, 0.3) is 0 Å². The fraction of sp³-hybridized carbons (Fsp3) is 0.250. The number of ether oxygens (including phenoxy) is 1. The zero-order valence-corrected chi connectivity index (χ0v) is 18.4. The van der Waals surface area contributed by atoms with Gasteiger partial charge in [0, 0.05) is 12.2 Å². The molecule has 0 spiro atoms. The quantitative estimate of drug-likeness (QED) is 0.615. The summed E-state index contributed by atoms with van der Waals surface area (Å²) >= 11 is 0. The van der Waals surface area contributed by atoms with E-state index in [1.807, 2.05) is 0 Å². The molecule has 1 aromatic carbocycles. The molecule has 2 amide bonds. The molecule has 2 aromatic heterocycles. The average Bonchev–Trinajstić information content (AvgIpc) is 3.20.